The minimum absolute atomic E-state index is 0.0379. The second-order valence-corrected chi connectivity index (χ2v) is 7.46. The molecule has 0 saturated heterocycles. The lowest BCUT2D eigenvalue weighted by molar-refractivity contribution is -0.137. The molecule has 1 aromatic heterocycles. The second-order valence-electron chi connectivity index (χ2n) is 7.46. The Hall–Kier alpha value is -3.89. The van der Waals surface area contributed by atoms with E-state index in [1.54, 1.807) is 6.92 Å². The number of nitrogens with one attached hydrogen (secondary N) is 1. The maximum atomic E-state index is 14.3. The maximum Gasteiger partial charge on any atom is 0.416 e. The fourth-order valence-electron chi connectivity index (χ4n) is 3.60. The summed E-state index contributed by atoms with van der Waals surface area (Å²) in [5, 5.41) is 6.65. The number of carbonyl (C=O) groups excluding carboxylic acids is 2. The van der Waals surface area contributed by atoms with Crippen LogP contribution in [0.5, 0.6) is 5.75 Å². The molecule has 0 saturated carbocycles. The number of fused-ring (bicyclic) bond motifs is 1. The van der Waals surface area contributed by atoms with Gasteiger partial charge in [0.2, 0.25) is 0 Å². The van der Waals surface area contributed by atoms with E-state index in [0.717, 1.165) is 18.2 Å². The van der Waals surface area contributed by atoms with Crippen LogP contribution in [0.25, 0.3) is 0 Å². The maximum absolute atomic E-state index is 14.3. The largest absolute Gasteiger partial charge is 0.497 e. The van der Waals surface area contributed by atoms with Crippen molar-refractivity contribution in [3.63, 3.8) is 0 Å². The van der Waals surface area contributed by atoms with Gasteiger partial charge in [0.15, 0.2) is 5.69 Å². The van der Waals surface area contributed by atoms with Gasteiger partial charge in [-0.25, -0.2) is 4.39 Å². The van der Waals surface area contributed by atoms with Crippen LogP contribution in [0.2, 0.25) is 0 Å². The topological polar surface area (TPSA) is 76.5 Å². The summed E-state index contributed by atoms with van der Waals surface area (Å²) in [4.78, 5) is 27.1. The lowest BCUT2D eigenvalue weighted by Gasteiger charge is -2.32. The van der Waals surface area contributed by atoms with Crippen molar-refractivity contribution in [3.05, 3.63) is 71.3 Å². The molecular weight excluding hydrogens is 444 g/mol. The lowest BCUT2D eigenvalue weighted by atomic mass is 10.1. The smallest absolute Gasteiger partial charge is 0.416 e. The highest BCUT2D eigenvalue weighted by molar-refractivity contribution is 6.13. The van der Waals surface area contributed by atoms with Crippen LogP contribution in [0.15, 0.2) is 48.7 Å². The number of ether oxygens (including phenoxy) is 1. The van der Waals surface area contributed by atoms with Gasteiger partial charge in [0.1, 0.15) is 11.6 Å². The van der Waals surface area contributed by atoms with Crippen molar-refractivity contribution in [2.24, 2.45) is 0 Å². The molecular formula is C22H18F4N4O3. The normalized spacial score (nSPS) is 15.9. The summed E-state index contributed by atoms with van der Waals surface area (Å²) in [6, 6.07) is 7.62. The minimum atomic E-state index is -4.50. The molecule has 0 radical (unpaired) electrons. The number of aromatic nitrogens is 2. The van der Waals surface area contributed by atoms with Gasteiger partial charge < -0.3 is 15.0 Å². The predicted molar refractivity (Wildman–Crippen MR) is 111 cm³/mol. The molecule has 2 aromatic carbocycles. The van der Waals surface area contributed by atoms with E-state index in [1.165, 1.54) is 47.2 Å². The van der Waals surface area contributed by atoms with Crippen LogP contribution in [0.3, 0.4) is 0 Å². The third kappa shape index (κ3) is 4.13. The minimum Gasteiger partial charge on any atom is -0.497 e. The molecule has 33 heavy (non-hydrogen) atoms. The highest BCUT2D eigenvalue weighted by Gasteiger charge is 2.35. The predicted octanol–water partition coefficient (Wildman–Crippen LogP) is 4.52. The van der Waals surface area contributed by atoms with E-state index in [-0.39, 0.29) is 41.0 Å². The third-order valence-corrected chi connectivity index (χ3v) is 5.28. The Morgan fingerprint density at radius 3 is 2.48 bits per heavy atom. The molecule has 172 valence electrons. The standard InChI is InChI=1S/C22H18F4N4O3/c1-12-11-29(14-5-3-13(4-6-14)22(24,25)26)21(32)19-18(10-27-30(12)19)28-20(31)16-8-7-15(33-2)9-17(16)23/h3-10,12H,11H2,1-2H3,(H,28,31)/t12-/m0/s1. The van der Waals surface area contributed by atoms with Crippen LogP contribution in [-0.2, 0) is 6.18 Å². The molecule has 0 bridgehead atoms. The van der Waals surface area contributed by atoms with Gasteiger partial charge in [0.05, 0.1) is 36.2 Å². The zero-order chi connectivity index (χ0) is 23.9. The molecule has 2 heterocycles. The van der Waals surface area contributed by atoms with Gasteiger partial charge in [0.25, 0.3) is 11.8 Å². The van der Waals surface area contributed by atoms with Crippen LogP contribution in [0.4, 0.5) is 28.9 Å². The number of nitrogens with zero attached hydrogens (tertiary/aromatic N) is 3. The van der Waals surface area contributed by atoms with Gasteiger partial charge in [-0.15, -0.1) is 0 Å². The van der Waals surface area contributed by atoms with Crippen molar-refractivity contribution in [1.29, 1.82) is 0 Å². The first-order valence-corrected chi connectivity index (χ1v) is 9.81. The van der Waals surface area contributed by atoms with Crippen molar-refractivity contribution in [2.75, 3.05) is 23.9 Å². The van der Waals surface area contributed by atoms with Gasteiger partial charge in [-0.05, 0) is 43.3 Å². The second kappa shape index (κ2) is 8.23. The molecule has 0 unspecified atom stereocenters. The molecule has 1 aliphatic heterocycles. The molecule has 7 nitrogen and oxygen atoms in total. The molecule has 4 rings (SSSR count). The van der Waals surface area contributed by atoms with Crippen molar-refractivity contribution in [1.82, 2.24) is 9.78 Å². The highest BCUT2D eigenvalue weighted by Crippen LogP contribution is 2.33. The summed E-state index contributed by atoms with van der Waals surface area (Å²) < 4.78 is 59.2. The number of methoxy groups -OCH3 is 1. The van der Waals surface area contributed by atoms with Gasteiger partial charge in [-0.1, -0.05) is 0 Å². The summed E-state index contributed by atoms with van der Waals surface area (Å²) in [6.07, 6.45) is -3.22. The lowest BCUT2D eigenvalue weighted by Crippen LogP contribution is -2.43. The number of carbonyl (C=O) groups is 2. The Labute approximate surface area is 185 Å². The van der Waals surface area contributed by atoms with Gasteiger partial charge in [-0.2, -0.15) is 18.3 Å². The average molecular weight is 462 g/mol. The number of halogens is 4. The first-order valence-electron chi connectivity index (χ1n) is 9.81. The number of rotatable bonds is 4. The Balaban J connectivity index is 1.62. The van der Waals surface area contributed by atoms with Gasteiger partial charge >= 0.3 is 6.18 Å². The molecule has 0 fully saturated rings. The van der Waals surface area contributed by atoms with Gasteiger partial charge in [0, 0.05) is 18.3 Å². The van der Waals surface area contributed by atoms with E-state index in [4.69, 9.17) is 4.74 Å². The number of hydrogen-bond acceptors (Lipinski definition) is 4. The van der Waals surface area contributed by atoms with E-state index in [0.29, 0.717) is 0 Å². The van der Waals surface area contributed by atoms with E-state index >= 15 is 0 Å². The summed E-state index contributed by atoms with van der Waals surface area (Å²) in [6.45, 7) is 1.94. The van der Waals surface area contributed by atoms with Crippen LogP contribution >= 0.6 is 0 Å². The van der Waals surface area contributed by atoms with Crippen LogP contribution in [-0.4, -0.2) is 35.2 Å². The quantitative estimate of drug-likeness (QED) is 0.579. The van der Waals surface area contributed by atoms with Crippen molar-refractivity contribution in [3.8, 4) is 5.75 Å². The summed E-state index contributed by atoms with van der Waals surface area (Å²) in [5.74, 6) is -1.92. The Morgan fingerprint density at radius 2 is 1.88 bits per heavy atom. The molecule has 1 aliphatic rings. The molecule has 2 amide bonds. The summed E-state index contributed by atoms with van der Waals surface area (Å²) in [7, 11) is 1.36. The van der Waals surface area contributed by atoms with Gasteiger partial charge in [-0.3, -0.25) is 14.3 Å². The zero-order valence-electron chi connectivity index (χ0n) is 17.5. The van der Waals surface area contributed by atoms with Crippen LogP contribution in [0.1, 0.15) is 39.4 Å². The monoisotopic (exact) mass is 462 g/mol. The molecule has 1 atom stereocenters. The van der Waals surface area contributed by atoms with Crippen LogP contribution in [0, 0.1) is 5.82 Å². The van der Waals surface area contributed by atoms with Crippen molar-refractivity contribution in [2.45, 2.75) is 19.1 Å². The molecule has 0 aliphatic carbocycles. The summed E-state index contributed by atoms with van der Waals surface area (Å²) >= 11 is 0. The number of amides is 2. The van der Waals surface area contributed by atoms with Crippen molar-refractivity contribution < 1.29 is 31.9 Å². The Morgan fingerprint density at radius 1 is 1.18 bits per heavy atom. The third-order valence-electron chi connectivity index (χ3n) is 5.28. The fraction of sp³-hybridized carbons (Fsp3) is 0.227. The molecule has 3 aromatic rings. The zero-order valence-corrected chi connectivity index (χ0v) is 17.5. The average Bonchev–Trinajstić information content (AvgIpc) is 3.20. The summed E-state index contributed by atoms with van der Waals surface area (Å²) in [5.41, 5.74) is -0.722. The van der Waals surface area contributed by atoms with E-state index in [2.05, 4.69) is 10.4 Å². The van der Waals surface area contributed by atoms with E-state index in [9.17, 15) is 27.2 Å². The Kier molecular flexibility index (Phi) is 5.56. The van der Waals surface area contributed by atoms with E-state index in [1.807, 2.05) is 0 Å². The number of alkyl halides is 3. The number of hydrogen-bond donors (Lipinski definition) is 1. The highest BCUT2D eigenvalue weighted by atomic mass is 19.4. The molecule has 1 N–H and O–H groups in total. The first-order chi connectivity index (χ1) is 15.6. The molecule has 11 heteroatoms. The fourth-order valence-corrected chi connectivity index (χ4v) is 3.60. The van der Waals surface area contributed by atoms with Crippen molar-refractivity contribution >= 4 is 23.2 Å². The first kappa shape index (κ1) is 22.3. The van der Waals surface area contributed by atoms with Crippen LogP contribution < -0.4 is 15.0 Å². The Bertz CT molecular complexity index is 1220. The number of benzene rings is 2. The van der Waals surface area contributed by atoms with E-state index < -0.39 is 29.4 Å². The number of anilines is 2. The molecule has 0 spiro atoms. The SMILES string of the molecule is COc1ccc(C(=O)Nc2cnn3c2C(=O)N(c2ccc(C(F)(F)F)cc2)C[C@@H]3C)c(F)c1.